The molecule has 0 bridgehead atoms. The van der Waals surface area contributed by atoms with E-state index in [9.17, 15) is 4.79 Å². The van der Waals surface area contributed by atoms with E-state index in [4.69, 9.17) is 0 Å². The minimum absolute atomic E-state index is 0.139. The molecular formula is C12H19BrN4O. The fourth-order valence-corrected chi connectivity index (χ4v) is 3.01. The average Bonchev–Trinajstić information content (AvgIpc) is 2.26. The van der Waals surface area contributed by atoms with Crippen molar-refractivity contribution in [2.24, 2.45) is 0 Å². The predicted octanol–water partition coefficient (Wildman–Crippen LogP) is 1.45. The molecule has 1 aromatic heterocycles. The summed E-state index contributed by atoms with van der Waals surface area (Å²) in [6.45, 7) is 0.884. The lowest BCUT2D eigenvalue weighted by molar-refractivity contribution is 0.0681. The number of nitrogens with zero attached hydrogens (tertiary/aromatic N) is 3. The Morgan fingerprint density at radius 3 is 2.61 bits per heavy atom. The van der Waals surface area contributed by atoms with E-state index >= 15 is 0 Å². The number of hydrogen-bond donors (Lipinski definition) is 1. The molecule has 0 amide bonds. The van der Waals surface area contributed by atoms with Crippen molar-refractivity contribution in [2.75, 3.05) is 32.6 Å². The van der Waals surface area contributed by atoms with Gasteiger partial charge in [-0.25, -0.2) is 4.98 Å². The summed E-state index contributed by atoms with van der Waals surface area (Å²) in [5, 5.41) is 0. The van der Waals surface area contributed by atoms with Crippen LogP contribution in [0.3, 0.4) is 0 Å². The molecule has 0 atom stereocenters. The summed E-state index contributed by atoms with van der Waals surface area (Å²) in [6, 6.07) is 0. The van der Waals surface area contributed by atoms with Crippen LogP contribution in [0.4, 0.5) is 5.82 Å². The fourth-order valence-electron chi connectivity index (χ4n) is 2.49. The SMILES string of the molecule is CN(CC1(N(C)C)CCC1)c1nc[nH]c(=O)c1Br. The normalized spacial score (nSPS) is 17.6. The van der Waals surface area contributed by atoms with E-state index in [1.807, 2.05) is 7.05 Å². The highest BCUT2D eigenvalue weighted by Gasteiger charge is 2.40. The molecule has 100 valence electrons. The first-order chi connectivity index (χ1) is 8.46. The summed E-state index contributed by atoms with van der Waals surface area (Å²) < 4.78 is 0.501. The molecule has 1 aromatic rings. The van der Waals surface area contributed by atoms with E-state index in [1.165, 1.54) is 25.6 Å². The maximum Gasteiger partial charge on any atom is 0.267 e. The van der Waals surface area contributed by atoms with Gasteiger partial charge in [-0.2, -0.15) is 0 Å². The first-order valence-electron chi connectivity index (χ1n) is 6.08. The third-order valence-corrected chi connectivity index (χ3v) is 4.62. The van der Waals surface area contributed by atoms with E-state index in [1.54, 1.807) is 0 Å². The van der Waals surface area contributed by atoms with Crippen molar-refractivity contribution in [3.63, 3.8) is 0 Å². The van der Waals surface area contributed by atoms with Crippen LogP contribution in [0.5, 0.6) is 0 Å². The van der Waals surface area contributed by atoms with E-state index in [2.05, 4.69) is 49.8 Å². The van der Waals surface area contributed by atoms with E-state index in [-0.39, 0.29) is 11.1 Å². The van der Waals surface area contributed by atoms with Crippen molar-refractivity contribution < 1.29 is 0 Å². The van der Waals surface area contributed by atoms with Gasteiger partial charge in [0.25, 0.3) is 5.56 Å². The molecule has 1 aliphatic rings. The van der Waals surface area contributed by atoms with Gasteiger partial charge in [0.05, 0.1) is 6.33 Å². The predicted molar refractivity (Wildman–Crippen MR) is 76.1 cm³/mol. The van der Waals surface area contributed by atoms with Gasteiger partial charge in [0.2, 0.25) is 0 Å². The highest BCUT2D eigenvalue weighted by molar-refractivity contribution is 9.10. The second-order valence-electron chi connectivity index (χ2n) is 5.20. The monoisotopic (exact) mass is 314 g/mol. The van der Waals surface area contributed by atoms with Crippen molar-refractivity contribution in [1.82, 2.24) is 14.9 Å². The molecule has 18 heavy (non-hydrogen) atoms. The van der Waals surface area contributed by atoms with Crippen LogP contribution in [-0.2, 0) is 0 Å². The number of nitrogens with one attached hydrogen (secondary N) is 1. The standard InChI is InChI=1S/C12H19BrN4O/c1-16(2)12(5-4-6-12)7-17(3)10-9(13)11(18)15-8-14-10/h8H,4-7H2,1-3H3,(H,14,15,18). The number of halogens is 1. The molecule has 1 saturated carbocycles. The topological polar surface area (TPSA) is 52.2 Å². The number of rotatable bonds is 4. The van der Waals surface area contributed by atoms with Gasteiger partial charge >= 0.3 is 0 Å². The molecule has 0 aliphatic heterocycles. The van der Waals surface area contributed by atoms with Crippen LogP contribution in [-0.4, -0.2) is 48.1 Å². The van der Waals surface area contributed by atoms with Gasteiger partial charge in [-0.15, -0.1) is 0 Å². The van der Waals surface area contributed by atoms with Crippen molar-refractivity contribution >= 4 is 21.7 Å². The highest BCUT2D eigenvalue weighted by Crippen LogP contribution is 2.37. The van der Waals surface area contributed by atoms with E-state index in [0.29, 0.717) is 10.3 Å². The first kappa shape index (κ1) is 13.5. The second-order valence-corrected chi connectivity index (χ2v) is 5.99. The van der Waals surface area contributed by atoms with Crippen LogP contribution in [0.15, 0.2) is 15.6 Å². The van der Waals surface area contributed by atoms with Crippen LogP contribution in [0, 0.1) is 0 Å². The van der Waals surface area contributed by atoms with Gasteiger partial charge < -0.3 is 14.8 Å². The van der Waals surface area contributed by atoms with Crippen LogP contribution >= 0.6 is 15.9 Å². The number of hydrogen-bond acceptors (Lipinski definition) is 4. The lowest BCUT2D eigenvalue weighted by Crippen LogP contribution is -2.57. The summed E-state index contributed by atoms with van der Waals surface area (Å²) in [6.07, 6.45) is 5.12. The molecule has 0 saturated heterocycles. The summed E-state index contributed by atoms with van der Waals surface area (Å²) in [4.78, 5) is 22.7. The van der Waals surface area contributed by atoms with Gasteiger partial charge in [0.1, 0.15) is 10.3 Å². The summed E-state index contributed by atoms with van der Waals surface area (Å²) in [5.74, 6) is 0.701. The Labute approximate surface area is 115 Å². The molecule has 2 rings (SSSR count). The molecule has 0 spiro atoms. The Hall–Kier alpha value is -0.880. The van der Waals surface area contributed by atoms with Crippen LogP contribution in [0.1, 0.15) is 19.3 Å². The van der Waals surface area contributed by atoms with Gasteiger partial charge in [-0.3, -0.25) is 4.79 Å². The summed E-state index contributed by atoms with van der Waals surface area (Å²) in [7, 11) is 6.22. The Bertz CT molecular complexity index is 481. The first-order valence-corrected chi connectivity index (χ1v) is 6.87. The van der Waals surface area contributed by atoms with Gasteiger partial charge in [-0.05, 0) is 49.3 Å². The lowest BCUT2D eigenvalue weighted by Gasteiger charge is -2.49. The second kappa shape index (κ2) is 5.01. The maximum absolute atomic E-state index is 11.5. The zero-order chi connectivity index (χ0) is 13.3. The Morgan fingerprint density at radius 2 is 2.11 bits per heavy atom. The molecule has 0 aromatic carbocycles. The molecule has 1 N–H and O–H groups in total. The van der Waals surface area contributed by atoms with Crippen molar-refractivity contribution in [3.8, 4) is 0 Å². The number of H-pyrrole nitrogens is 1. The molecule has 1 heterocycles. The molecule has 1 aliphatic carbocycles. The molecule has 1 fully saturated rings. The molecule has 0 radical (unpaired) electrons. The molecule has 0 unspecified atom stereocenters. The number of anilines is 1. The summed E-state index contributed by atoms with van der Waals surface area (Å²) in [5.41, 5.74) is 0.0812. The fraction of sp³-hybridized carbons (Fsp3) is 0.667. The lowest BCUT2D eigenvalue weighted by atomic mass is 9.75. The van der Waals surface area contributed by atoms with Crippen LogP contribution < -0.4 is 10.5 Å². The van der Waals surface area contributed by atoms with Crippen molar-refractivity contribution in [3.05, 3.63) is 21.2 Å². The van der Waals surface area contributed by atoms with Crippen LogP contribution in [0.25, 0.3) is 0 Å². The largest absolute Gasteiger partial charge is 0.357 e. The third kappa shape index (κ3) is 2.31. The smallest absolute Gasteiger partial charge is 0.267 e. The Morgan fingerprint density at radius 1 is 1.44 bits per heavy atom. The van der Waals surface area contributed by atoms with Gasteiger partial charge in [0.15, 0.2) is 0 Å². The minimum Gasteiger partial charge on any atom is -0.357 e. The number of aromatic nitrogens is 2. The number of aromatic amines is 1. The maximum atomic E-state index is 11.5. The minimum atomic E-state index is -0.139. The van der Waals surface area contributed by atoms with E-state index < -0.39 is 0 Å². The van der Waals surface area contributed by atoms with Crippen LogP contribution in [0.2, 0.25) is 0 Å². The molecular weight excluding hydrogens is 296 g/mol. The molecule has 6 heteroatoms. The highest BCUT2D eigenvalue weighted by atomic mass is 79.9. The molecule has 5 nitrogen and oxygen atoms in total. The van der Waals surface area contributed by atoms with Crippen molar-refractivity contribution in [1.29, 1.82) is 0 Å². The Balaban J connectivity index is 2.19. The zero-order valence-corrected chi connectivity index (χ0v) is 12.6. The Kier molecular flexibility index (Phi) is 3.77. The van der Waals surface area contributed by atoms with Crippen molar-refractivity contribution in [2.45, 2.75) is 24.8 Å². The van der Waals surface area contributed by atoms with Gasteiger partial charge in [0, 0.05) is 19.1 Å². The summed E-state index contributed by atoms with van der Waals surface area (Å²) >= 11 is 3.30. The van der Waals surface area contributed by atoms with E-state index in [0.717, 1.165) is 6.54 Å². The van der Waals surface area contributed by atoms with Gasteiger partial charge in [-0.1, -0.05) is 0 Å². The number of likely N-dealkylation sites (N-methyl/N-ethyl adjacent to an activating group) is 2. The quantitative estimate of drug-likeness (QED) is 0.914. The third-order valence-electron chi connectivity index (χ3n) is 3.90. The average molecular weight is 315 g/mol. The zero-order valence-electron chi connectivity index (χ0n) is 11.0.